The molecule has 0 aromatic carbocycles. The number of rotatable bonds is 4. The highest BCUT2D eigenvalue weighted by molar-refractivity contribution is 6.28. The van der Waals surface area contributed by atoms with E-state index in [1.807, 2.05) is 32.3 Å². The fourth-order valence-electron chi connectivity index (χ4n) is 3.32. The van der Waals surface area contributed by atoms with Gasteiger partial charge in [-0.2, -0.15) is 9.97 Å². The van der Waals surface area contributed by atoms with Crippen LogP contribution >= 0.6 is 11.6 Å². The predicted molar refractivity (Wildman–Crippen MR) is 113 cm³/mol. The Hall–Kier alpha value is -2.55. The van der Waals surface area contributed by atoms with Crippen molar-refractivity contribution in [3.63, 3.8) is 0 Å². The van der Waals surface area contributed by atoms with Crippen LogP contribution in [0.5, 0.6) is 0 Å². The molecule has 2 aromatic heterocycles. The van der Waals surface area contributed by atoms with Crippen molar-refractivity contribution in [2.75, 3.05) is 31.1 Å². The molecule has 1 saturated heterocycles. The van der Waals surface area contributed by atoms with Crippen LogP contribution in [0.2, 0.25) is 5.28 Å². The van der Waals surface area contributed by atoms with E-state index in [-0.39, 0.29) is 23.5 Å². The molecule has 9 nitrogen and oxygen atoms in total. The predicted octanol–water partition coefficient (Wildman–Crippen LogP) is 2.51. The summed E-state index contributed by atoms with van der Waals surface area (Å²) in [6, 6.07) is 0. The van der Waals surface area contributed by atoms with E-state index in [1.54, 1.807) is 11.0 Å². The van der Waals surface area contributed by atoms with Crippen LogP contribution in [-0.4, -0.2) is 61.9 Å². The number of aromatic nitrogens is 4. The largest absolute Gasteiger partial charge is 0.444 e. The molecule has 3 heterocycles. The van der Waals surface area contributed by atoms with Crippen LogP contribution in [0, 0.1) is 0 Å². The van der Waals surface area contributed by atoms with Gasteiger partial charge in [-0.1, -0.05) is 6.08 Å². The fourth-order valence-corrected chi connectivity index (χ4v) is 3.55. The molecule has 29 heavy (non-hydrogen) atoms. The Bertz CT molecular complexity index is 982. The number of nitrogens with zero attached hydrogens (tertiary/aromatic N) is 6. The lowest BCUT2D eigenvalue weighted by molar-refractivity contribution is 0.0240. The Balaban J connectivity index is 1.88. The summed E-state index contributed by atoms with van der Waals surface area (Å²) < 4.78 is 8.67. The zero-order chi connectivity index (χ0) is 21.3. The maximum atomic E-state index is 12.9. The number of carbonyl (C=O) groups excluding carboxylic acids is 1. The first kappa shape index (κ1) is 21.2. The molecule has 0 unspecified atom stereocenters. The smallest absolute Gasteiger partial charge is 0.410 e. The second-order valence-corrected chi connectivity index (χ2v) is 8.21. The number of piperazine rings is 1. The number of fused-ring (bicyclic) bond motifs is 1. The van der Waals surface area contributed by atoms with Crippen molar-refractivity contribution < 1.29 is 9.53 Å². The highest BCUT2D eigenvalue weighted by Gasteiger charge is 2.28. The highest BCUT2D eigenvalue weighted by atomic mass is 35.5. The number of aryl methyl sites for hydroxylation is 1. The van der Waals surface area contributed by atoms with E-state index in [2.05, 4.69) is 21.4 Å². The molecule has 0 atom stereocenters. The van der Waals surface area contributed by atoms with Gasteiger partial charge in [0, 0.05) is 39.3 Å². The Morgan fingerprint density at radius 2 is 1.86 bits per heavy atom. The quantitative estimate of drug-likeness (QED) is 0.556. The van der Waals surface area contributed by atoms with Gasteiger partial charge < -0.3 is 19.1 Å². The van der Waals surface area contributed by atoms with Crippen molar-refractivity contribution in [1.82, 2.24) is 24.0 Å². The van der Waals surface area contributed by atoms with E-state index in [1.165, 1.54) is 4.57 Å². The van der Waals surface area contributed by atoms with Crippen LogP contribution in [-0.2, 0) is 17.8 Å². The molecule has 1 aliphatic rings. The monoisotopic (exact) mass is 422 g/mol. The zero-order valence-electron chi connectivity index (χ0n) is 17.3. The summed E-state index contributed by atoms with van der Waals surface area (Å²) in [6.45, 7) is 14.2. The standard InChI is InChI=1S/C19H27ClN6O3/c1-6-8-26-15(27)13-14(21-16(26)20)22-17(25(13)7-2)23-9-11-24(12-10-23)18(28)29-19(3,4)5/h6H,1,7-12H2,2-5H3. The van der Waals surface area contributed by atoms with Gasteiger partial charge in [-0.05, 0) is 39.3 Å². The first-order valence-corrected chi connectivity index (χ1v) is 10.0. The maximum absolute atomic E-state index is 12.9. The van der Waals surface area contributed by atoms with Crippen LogP contribution in [0.3, 0.4) is 0 Å². The summed E-state index contributed by atoms with van der Waals surface area (Å²) >= 11 is 6.17. The molecule has 0 bridgehead atoms. The van der Waals surface area contributed by atoms with Gasteiger partial charge in [0.05, 0.1) is 0 Å². The SMILES string of the molecule is C=CCn1c(Cl)nc2nc(N3CCN(C(=O)OC(C)(C)C)CC3)n(CC)c2c1=O. The lowest BCUT2D eigenvalue weighted by Crippen LogP contribution is -2.50. The van der Waals surface area contributed by atoms with Gasteiger partial charge in [0.25, 0.3) is 5.56 Å². The third kappa shape index (κ3) is 4.24. The van der Waals surface area contributed by atoms with Crippen LogP contribution < -0.4 is 10.5 Å². The van der Waals surface area contributed by atoms with Crippen molar-refractivity contribution in [2.45, 2.75) is 46.4 Å². The van der Waals surface area contributed by atoms with E-state index in [4.69, 9.17) is 16.3 Å². The van der Waals surface area contributed by atoms with E-state index < -0.39 is 5.60 Å². The van der Waals surface area contributed by atoms with Crippen molar-refractivity contribution in [2.24, 2.45) is 0 Å². The summed E-state index contributed by atoms with van der Waals surface area (Å²) in [5.41, 5.74) is -0.0244. The minimum atomic E-state index is -0.527. The van der Waals surface area contributed by atoms with E-state index >= 15 is 0 Å². The summed E-state index contributed by atoms with van der Waals surface area (Å²) in [5, 5.41) is 0.0875. The first-order valence-electron chi connectivity index (χ1n) is 9.66. The molecule has 0 aliphatic carbocycles. The molecule has 0 radical (unpaired) electrons. The van der Waals surface area contributed by atoms with Crippen LogP contribution in [0.25, 0.3) is 11.2 Å². The molecule has 158 valence electrons. The van der Waals surface area contributed by atoms with Crippen molar-refractivity contribution in [1.29, 1.82) is 0 Å². The molecule has 0 N–H and O–H groups in total. The van der Waals surface area contributed by atoms with Crippen molar-refractivity contribution >= 4 is 34.8 Å². The van der Waals surface area contributed by atoms with Gasteiger partial charge >= 0.3 is 6.09 Å². The second kappa shape index (κ2) is 8.06. The van der Waals surface area contributed by atoms with Gasteiger partial charge in [0.15, 0.2) is 11.2 Å². The average Bonchev–Trinajstić information content (AvgIpc) is 3.02. The van der Waals surface area contributed by atoms with Crippen LogP contribution in [0.4, 0.5) is 10.7 Å². The van der Waals surface area contributed by atoms with Crippen molar-refractivity contribution in [3.05, 3.63) is 28.3 Å². The second-order valence-electron chi connectivity index (χ2n) is 7.87. The number of hydrogen-bond acceptors (Lipinski definition) is 6. The number of hydrogen-bond donors (Lipinski definition) is 0. The lowest BCUT2D eigenvalue weighted by atomic mass is 10.2. The zero-order valence-corrected chi connectivity index (χ0v) is 18.1. The Morgan fingerprint density at radius 3 is 2.41 bits per heavy atom. The number of amides is 1. The van der Waals surface area contributed by atoms with Gasteiger partial charge in [0.2, 0.25) is 11.2 Å². The van der Waals surface area contributed by atoms with Crippen molar-refractivity contribution in [3.8, 4) is 0 Å². The molecule has 0 spiro atoms. The molecule has 0 saturated carbocycles. The van der Waals surface area contributed by atoms with Crippen LogP contribution in [0.1, 0.15) is 27.7 Å². The molecular formula is C19H27ClN6O3. The maximum Gasteiger partial charge on any atom is 0.410 e. The molecule has 3 rings (SSSR count). The number of allylic oxidation sites excluding steroid dienone is 1. The molecule has 10 heteroatoms. The Labute approximate surface area is 174 Å². The van der Waals surface area contributed by atoms with E-state index in [0.717, 1.165) is 0 Å². The van der Waals surface area contributed by atoms with Gasteiger partial charge in [-0.3, -0.25) is 9.36 Å². The number of anilines is 1. The Kier molecular flexibility index (Phi) is 5.88. The minimum absolute atomic E-state index is 0.0875. The molecule has 1 amide bonds. The number of ether oxygens (including phenoxy) is 1. The van der Waals surface area contributed by atoms with Crippen LogP contribution in [0.15, 0.2) is 17.4 Å². The van der Waals surface area contributed by atoms with Gasteiger partial charge in [-0.25, -0.2) is 4.79 Å². The molecule has 1 aliphatic heterocycles. The highest BCUT2D eigenvalue weighted by Crippen LogP contribution is 2.22. The summed E-state index contributed by atoms with van der Waals surface area (Å²) in [5.74, 6) is 0.656. The Morgan fingerprint density at radius 1 is 1.21 bits per heavy atom. The third-order valence-corrected chi connectivity index (χ3v) is 4.93. The molecule has 2 aromatic rings. The summed E-state index contributed by atoms with van der Waals surface area (Å²) in [4.78, 5) is 37.8. The summed E-state index contributed by atoms with van der Waals surface area (Å²) in [6.07, 6.45) is 1.28. The third-order valence-electron chi connectivity index (χ3n) is 4.64. The first-order chi connectivity index (χ1) is 13.7. The number of carbonyl (C=O) groups is 1. The topological polar surface area (TPSA) is 85.5 Å². The lowest BCUT2D eigenvalue weighted by Gasteiger charge is -2.36. The van der Waals surface area contributed by atoms with E-state index in [0.29, 0.717) is 49.8 Å². The normalized spacial score (nSPS) is 15.1. The van der Waals surface area contributed by atoms with Gasteiger partial charge in [-0.15, -0.1) is 6.58 Å². The number of halogens is 1. The molecular weight excluding hydrogens is 396 g/mol. The fraction of sp³-hybridized carbons (Fsp3) is 0.579. The number of imidazole rings is 1. The van der Waals surface area contributed by atoms with E-state index in [9.17, 15) is 9.59 Å². The average molecular weight is 423 g/mol. The minimum Gasteiger partial charge on any atom is -0.444 e. The summed E-state index contributed by atoms with van der Waals surface area (Å²) in [7, 11) is 0. The van der Waals surface area contributed by atoms with Gasteiger partial charge in [0.1, 0.15) is 5.60 Å². The molecule has 1 fully saturated rings.